The zero-order chi connectivity index (χ0) is 14.4. The second-order valence-electron chi connectivity index (χ2n) is 5.19. The van der Waals surface area contributed by atoms with Gasteiger partial charge in [0.2, 0.25) is 0 Å². The van der Waals surface area contributed by atoms with E-state index in [1.54, 1.807) is 12.1 Å². The van der Waals surface area contributed by atoms with E-state index in [2.05, 4.69) is 5.32 Å². The van der Waals surface area contributed by atoms with Gasteiger partial charge in [-0.05, 0) is 43.7 Å². The number of para-hydroxylation sites is 1. The molecule has 0 aromatic heterocycles. The Morgan fingerprint density at radius 1 is 1.30 bits per heavy atom. The lowest BCUT2D eigenvalue weighted by atomic mass is 9.86. The fourth-order valence-electron chi connectivity index (χ4n) is 2.46. The first-order chi connectivity index (χ1) is 9.69. The van der Waals surface area contributed by atoms with E-state index in [4.69, 9.17) is 9.84 Å². The molecule has 2 rings (SSSR count). The molecule has 1 saturated carbocycles. The molecule has 0 heterocycles. The van der Waals surface area contributed by atoms with Gasteiger partial charge in [-0.25, -0.2) is 4.39 Å². The largest absolute Gasteiger partial charge is 0.481 e. The van der Waals surface area contributed by atoms with Crippen LogP contribution in [-0.2, 0) is 4.79 Å². The first kappa shape index (κ1) is 14.8. The minimum atomic E-state index is -0.469. The maximum absolute atomic E-state index is 13.3. The van der Waals surface area contributed by atoms with Crippen molar-refractivity contribution >= 4 is 5.91 Å². The Morgan fingerprint density at radius 2 is 2.00 bits per heavy atom. The lowest BCUT2D eigenvalue weighted by Crippen LogP contribution is -2.40. The molecule has 0 spiro atoms. The monoisotopic (exact) mass is 281 g/mol. The molecule has 0 atom stereocenters. The molecule has 0 radical (unpaired) electrons. The Morgan fingerprint density at radius 3 is 2.65 bits per heavy atom. The number of hydrogen-bond donors (Lipinski definition) is 2. The van der Waals surface area contributed by atoms with Gasteiger partial charge in [0.05, 0.1) is 0 Å². The number of nitrogens with one attached hydrogen (secondary N) is 1. The zero-order valence-corrected chi connectivity index (χ0v) is 11.3. The average Bonchev–Trinajstić information content (AvgIpc) is 2.47. The summed E-state index contributed by atoms with van der Waals surface area (Å²) in [6, 6.07) is 6.15. The minimum absolute atomic E-state index is 0.0895. The van der Waals surface area contributed by atoms with Gasteiger partial charge >= 0.3 is 0 Å². The number of benzene rings is 1. The fourth-order valence-corrected chi connectivity index (χ4v) is 2.46. The minimum Gasteiger partial charge on any atom is -0.481 e. The van der Waals surface area contributed by atoms with Crippen LogP contribution in [0, 0.1) is 11.7 Å². The van der Waals surface area contributed by atoms with Crippen molar-refractivity contribution in [1.29, 1.82) is 0 Å². The molecule has 20 heavy (non-hydrogen) atoms. The summed E-state index contributed by atoms with van der Waals surface area (Å²) in [7, 11) is 0. The SMILES string of the molecule is O=C(COc1ccccc1F)NC1CCC(CO)CC1. The number of ether oxygens (including phenoxy) is 1. The summed E-state index contributed by atoms with van der Waals surface area (Å²) in [5, 5.41) is 11.9. The van der Waals surface area contributed by atoms with Gasteiger partial charge < -0.3 is 15.2 Å². The Bertz CT molecular complexity index is 444. The third-order valence-electron chi connectivity index (χ3n) is 3.67. The predicted octanol–water partition coefficient (Wildman–Crippen LogP) is 1.87. The molecule has 1 amide bonds. The van der Waals surface area contributed by atoms with Crippen LogP contribution < -0.4 is 10.1 Å². The first-order valence-electron chi connectivity index (χ1n) is 6.96. The molecule has 1 aliphatic rings. The van der Waals surface area contributed by atoms with Gasteiger partial charge in [0.25, 0.3) is 5.91 Å². The summed E-state index contributed by atoms with van der Waals surface area (Å²) >= 11 is 0. The van der Waals surface area contributed by atoms with Gasteiger partial charge in [0.1, 0.15) is 0 Å². The van der Waals surface area contributed by atoms with Crippen molar-refractivity contribution in [2.75, 3.05) is 13.2 Å². The van der Waals surface area contributed by atoms with Crippen LogP contribution >= 0.6 is 0 Å². The summed E-state index contributed by atoms with van der Waals surface area (Å²) in [6.45, 7) is 0.0396. The molecule has 0 bridgehead atoms. The van der Waals surface area contributed by atoms with Crippen LogP contribution in [0.2, 0.25) is 0 Å². The van der Waals surface area contributed by atoms with Crippen LogP contribution in [0.25, 0.3) is 0 Å². The third kappa shape index (κ3) is 4.20. The number of halogens is 1. The summed E-state index contributed by atoms with van der Waals surface area (Å²) < 4.78 is 18.5. The number of carbonyl (C=O) groups is 1. The highest BCUT2D eigenvalue weighted by molar-refractivity contribution is 5.77. The molecule has 2 N–H and O–H groups in total. The molecular weight excluding hydrogens is 261 g/mol. The Hall–Kier alpha value is -1.62. The van der Waals surface area contributed by atoms with Crippen molar-refractivity contribution in [3.05, 3.63) is 30.1 Å². The van der Waals surface area contributed by atoms with Crippen LogP contribution in [0.5, 0.6) is 5.75 Å². The van der Waals surface area contributed by atoms with Gasteiger partial charge in [-0.15, -0.1) is 0 Å². The third-order valence-corrected chi connectivity index (χ3v) is 3.67. The highest BCUT2D eigenvalue weighted by Crippen LogP contribution is 2.23. The lowest BCUT2D eigenvalue weighted by molar-refractivity contribution is -0.124. The number of hydrogen-bond acceptors (Lipinski definition) is 3. The molecule has 5 heteroatoms. The summed E-state index contributed by atoms with van der Waals surface area (Å²) in [5.41, 5.74) is 0. The highest BCUT2D eigenvalue weighted by atomic mass is 19.1. The van der Waals surface area contributed by atoms with Crippen molar-refractivity contribution in [3.8, 4) is 5.75 Å². The topological polar surface area (TPSA) is 58.6 Å². The molecule has 0 aliphatic heterocycles. The molecule has 4 nitrogen and oxygen atoms in total. The van der Waals surface area contributed by atoms with Crippen molar-refractivity contribution in [3.63, 3.8) is 0 Å². The molecule has 1 aromatic rings. The highest BCUT2D eigenvalue weighted by Gasteiger charge is 2.21. The summed E-state index contributed by atoms with van der Waals surface area (Å²) in [6.07, 6.45) is 3.60. The summed E-state index contributed by atoms with van der Waals surface area (Å²) in [4.78, 5) is 11.7. The number of carbonyl (C=O) groups excluding carboxylic acids is 1. The van der Waals surface area contributed by atoms with Crippen LogP contribution in [0.1, 0.15) is 25.7 Å². The molecular formula is C15H20FNO3. The van der Waals surface area contributed by atoms with E-state index in [-0.39, 0.29) is 30.9 Å². The Labute approximate surface area is 117 Å². The average molecular weight is 281 g/mol. The zero-order valence-electron chi connectivity index (χ0n) is 11.3. The first-order valence-corrected chi connectivity index (χ1v) is 6.96. The Kier molecular flexibility index (Phi) is 5.35. The maximum Gasteiger partial charge on any atom is 0.258 e. The lowest BCUT2D eigenvalue weighted by Gasteiger charge is -2.27. The van der Waals surface area contributed by atoms with Gasteiger partial charge in [-0.1, -0.05) is 12.1 Å². The van der Waals surface area contributed by atoms with Crippen LogP contribution in [-0.4, -0.2) is 30.3 Å². The van der Waals surface area contributed by atoms with Crippen LogP contribution in [0.4, 0.5) is 4.39 Å². The second-order valence-corrected chi connectivity index (χ2v) is 5.19. The van der Waals surface area contributed by atoms with Crippen LogP contribution in [0.3, 0.4) is 0 Å². The van der Waals surface area contributed by atoms with E-state index in [1.165, 1.54) is 12.1 Å². The predicted molar refractivity (Wildman–Crippen MR) is 72.9 cm³/mol. The molecule has 110 valence electrons. The molecule has 1 aliphatic carbocycles. The smallest absolute Gasteiger partial charge is 0.258 e. The van der Waals surface area contributed by atoms with Crippen molar-refractivity contribution in [2.45, 2.75) is 31.7 Å². The number of amides is 1. The van der Waals surface area contributed by atoms with E-state index in [0.29, 0.717) is 5.92 Å². The van der Waals surface area contributed by atoms with Crippen molar-refractivity contribution < 1.29 is 19.0 Å². The van der Waals surface area contributed by atoms with Gasteiger partial charge in [-0.3, -0.25) is 4.79 Å². The normalized spacial score (nSPS) is 22.3. The maximum atomic E-state index is 13.3. The molecule has 1 fully saturated rings. The van der Waals surface area contributed by atoms with Crippen molar-refractivity contribution in [2.24, 2.45) is 5.92 Å². The number of aliphatic hydroxyl groups excluding tert-OH is 1. The molecule has 0 unspecified atom stereocenters. The quantitative estimate of drug-likeness (QED) is 0.866. The van der Waals surface area contributed by atoms with E-state index in [9.17, 15) is 9.18 Å². The second kappa shape index (κ2) is 7.24. The number of rotatable bonds is 5. The van der Waals surface area contributed by atoms with Gasteiger partial charge in [-0.2, -0.15) is 0 Å². The number of aliphatic hydroxyl groups is 1. The van der Waals surface area contributed by atoms with Gasteiger partial charge in [0.15, 0.2) is 18.2 Å². The van der Waals surface area contributed by atoms with Crippen molar-refractivity contribution in [1.82, 2.24) is 5.32 Å². The Balaban J connectivity index is 1.72. The molecule has 1 aromatic carbocycles. The van der Waals surface area contributed by atoms with E-state index >= 15 is 0 Å². The standard InChI is InChI=1S/C15H20FNO3/c16-13-3-1-2-4-14(13)20-10-15(19)17-12-7-5-11(9-18)6-8-12/h1-4,11-12,18H,5-10H2,(H,17,19). The fraction of sp³-hybridized carbons (Fsp3) is 0.533. The summed E-state index contributed by atoms with van der Waals surface area (Å²) in [5.74, 6) is -0.256. The van der Waals surface area contributed by atoms with Gasteiger partial charge in [0, 0.05) is 12.6 Å². The van der Waals surface area contributed by atoms with Crippen LogP contribution in [0.15, 0.2) is 24.3 Å². The van der Waals surface area contributed by atoms with E-state index in [0.717, 1.165) is 25.7 Å². The van der Waals surface area contributed by atoms with E-state index in [1.807, 2.05) is 0 Å². The molecule has 0 saturated heterocycles. The van der Waals surface area contributed by atoms with E-state index < -0.39 is 5.82 Å².